The average Bonchev–Trinajstić information content (AvgIpc) is 2.40. The fraction of sp³-hybridized carbons (Fsp3) is 0.583. The van der Waals surface area contributed by atoms with E-state index in [1.807, 2.05) is 6.92 Å². The van der Waals surface area contributed by atoms with E-state index in [9.17, 15) is 4.79 Å². The number of aromatic nitrogens is 2. The number of nitrogens with zero attached hydrogens (tertiary/aromatic N) is 3. The van der Waals surface area contributed by atoms with Gasteiger partial charge in [-0.05, 0) is 19.8 Å². The summed E-state index contributed by atoms with van der Waals surface area (Å²) in [6.45, 7) is 3.79. The Labute approximate surface area is 112 Å². The summed E-state index contributed by atoms with van der Waals surface area (Å²) in [6.07, 6.45) is 3.38. The third-order valence-corrected chi connectivity index (χ3v) is 3.02. The van der Waals surface area contributed by atoms with Gasteiger partial charge in [-0.15, -0.1) is 0 Å². The Kier molecular flexibility index (Phi) is 4.38. The molecule has 1 atom stereocenters. The van der Waals surface area contributed by atoms with Crippen molar-refractivity contribution in [2.75, 3.05) is 25.0 Å². The van der Waals surface area contributed by atoms with Gasteiger partial charge in [0.2, 0.25) is 5.88 Å². The van der Waals surface area contributed by atoms with Crippen LogP contribution < -0.4 is 15.8 Å². The molecule has 2 rings (SSSR count). The van der Waals surface area contributed by atoms with Crippen LogP contribution in [0.25, 0.3) is 0 Å². The van der Waals surface area contributed by atoms with Crippen molar-refractivity contribution < 1.29 is 9.53 Å². The highest BCUT2D eigenvalue weighted by Gasteiger charge is 2.22. The fourth-order valence-electron chi connectivity index (χ4n) is 2.15. The predicted molar refractivity (Wildman–Crippen MR) is 71.0 cm³/mol. The zero-order valence-electron chi connectivity index (χ0n) is 11.0. The van der Waals surface area contributed by atoms with Crippen molar-refractivity contribution in [1.29, 1.82) is 0 Å². The summed E-state index contributed by atoms with van der Waals surface area (Å²) in [5, 5.41) is 3.28. The van der Waals surface area contributed by atoms with E-state index in [0.29, 0.717) is 24.8 Å². The lowest BCUT2D eigenvalue weighted by atomic mass is 10.1. The molecule has 1 aliphatic rings. The van der Waals surface area contributed by atoms with Gasteiger partial charge in [-0.1, -0.05) is 0 Å². The lowest BCUT2D eigenvalue weighted by Crippen LogP contribution is -2.47. The van der Waals surface area contributed by atoms with E-state index in [1.165, 1.54) is 6.33 Å². The topological polar surface area (TPSA) is 93.4 Å². The molecule has 1 saturated heterocycles. The minimum Gasteiger partial charge on any atom is -0.478 e. The summed E-state index contributed by atoms with van der Waals surface area (Å²) < 4.78 is 5.32. The molecule has 1 unspecified atom stereocenters. The number of nitrogens with two attached hydrogens (primary N) is 1. The zero-order chi connectivity index (χ0) is 13.7. The first-order valence-corrected chi connectivity index (χ1v) is 6.44. The maximum atomic E-state index is 11.2. The Bertz CT molecular complexity index is 440. The van der Waals surface area contributed by atoms with E-state index in [1.54, 1.807) is 11.0 Å². The molecule has 0 saturated carbocycles. The molecule has 2 heterocycles. The Morgan fingerprint density at radius 2 is 2.47 bits per heavy atom. The van der Waals surface area contributed by atoms with E-state index in [0.717, 1.165) is 19.4 Å². The first-order valence-electron chi connectivity index (χ1n) is 6.44. The van der Waals surface area contributed by atoms with Gasteiger partial charge < -0.3 is 20.7 Å². The van der Waals surface area contributed by atoms with Crippen molar-refractivity contribution in [2.45, 2.75) is 25.8 Å². The summed E-state index contributed by atoms with van der Waals surface area (Å²) in [4.78, 5) is 21.0. The molecule has 0 aliphatic carbocycles. The maximum absolute atomic E-state index is 11.2. The normalized spacial score (nSPS) is 19.0. The van der Waals surface area contributed by atoms with Gasteiger partial charge >= 0.3 is 6.03 Å². The summed E-state index contributed by atoms with van der Waals surface area (Å²) >= 11 is 0. The number of primary amides is 1. The first-order chi connectivity index (χ1) is 9.19. The largest absolute Gasteiger partial charge is 0.478 e. The number of carbonyl (C=O) groups excluding carboxylic acids is 1. The summed E-state index contributed by atoms with van der Waals surface area (Å²) in [7, 11) is 0. The number of piperidine rings is 1. The molecule has 7 nitrogen and oxygen atoms in total. The second-order valence-electron chi connectivity index (χ2n) is 4.44. The average molecular weight is 265 g/mol. The minimum absolute atomic E-state index is 0.158. The number of urea groups is 1. The molecule has 1 aromatic heterocycles. The van der Waals surface area contributed by atoms with Gasteiger partial charge in [-0.3, -0.25) is 0 Å². The molecule has 3 N–H and O–H groups in total. The van der Waals surface area contributed by atoms with Crippen molar-refractivity contribution in [3.05, 3.63) is 12.4 Å². The number of amides is 2. The number of hydrogen-bond donors (Lipinski definition) is 2. The number of ether oxygens (including phenoxy) is 1. The van der Waals surface area contributed by atoms with Gasteiger partial charge in [0.1, 0.15) is 12.1 Å². The summed E-state index contributed by atoms with van der Waals surface area (Å²) in [6, 6.07) is 1.54. The molecular weight excluding hydrogens is 246 g/mol. The molecule has 104 valence electrons. The Hall–Kier alpha value is -2.05. The van der Waals surface area contributed by atoms with Crippen LogP contribution >= 0.6 is 0 Å². The van der Waals surface area contributed by atoms with Crippen LogP contribution in [0, 0.1) is 0 Å². The van der Waals surface area contributed by atoms with E-state index >= 15 is 0 Å². The van der Waals surface area contributed by atoms with E-state index in [-0.39, 0.29) is 12.1 Å². The smallest absolute Gasteiger partial charge is 0.314 e. The monoisotopic (exact) mass is 265 g/mol. The molecule has 19 heavy (non-hydrogen) atoms. The van der Waals surface area contributed by atoms with Gasteiger partial charge in [-0.2, -0.15) is 0 Å². The van der Waals surface area contributed by atoms with Gasteiger partial charge in [0.15, 0.2) is 0 Å². The van der Waals surface area contributed by atoms with Gasteiger partial charge in [0.05, 0.1) is 6.61 Å². The molecule has 0 aromatic carbocycles. The van der Waals surface area contributed by atoms with Crippen molar-refractivity contribution >= 4 is 11.8 Å². The van der Waals surface area contributed by atoms with Crippen LogP contribution in [-0.2, 0) is 0 Å². The molecule has 0 radical (unpaired) electrons. The number of hydrogen-bond acceptors (Lipinski definition) is 5. The number of likely N-dealkylation sites (tertiary alicyclic amines) is 1. The maximum Gasteiger partial charge on any atom is 0.314 e. The SMILES string of the molecule is CCOc1cc(NC2CCCN(C(N)=O)C2)ncn1. The Morgan fingerprint density at radius 1 is 1.63 bits per heavy atom. The summed E-state index contributed by atoms with van der Waals surface area (Å²) in [5.41, 5.74) is 5.30. The van der Waals surface area contributed by atoms with Gasteiger partial charge in [0, 0.05) is 25.2 Å². The lowest BCUT2D eigenvalue weighted by molar-refractivity contribution is 0.192. The van der Waals surface area contributed by atoms with Crippen LogP contribution in [0.4, 0.5) is 10.6 Å². The molecule has 0 bridgehead atoms. The van der Waals surface area contributed by atoms with E-state index in [2.05, 4.69) is 15.3 Å². The highest BCUT2D eigenvalue weighted by atomic mass is 16.5. The minimum atomic E-state index is -0.371. The zero-order valence-corrected chi connectivity index (χ0v) is 11.0. The fourth-order valence-corrected chi connectivity index (χ4v) is 2.15. The second kappa shape index (κ2) is 6.21. The van der Waals surface area contributed by atoms with Crippen LogP contribution in [0.2, 0.25) is 0 Å². The highest BCUT2D eigenvalue weighted by Crippen LogP contribution is 2.16. The molecule has 1 aromatic rings. The van der Waals surface area contributed by atoms with Crippen LogP contribution in [0.5, 0.6) is 5.88 Å². The van der Waals surface area contributed by atoms with Crippen molar-refractivity contribution in [2.24, 2.45) is 5.73 Å². The third-order valence-electron chi connectivity index (χ3n) is 3.02. The summed E-state index contributed by atoms with van der Waals surface area (Å²) in [5.74, 6) is 1.25. The van der Waals surface area contributed by atoms with E-state index in [4.69, 9.17) is 10.5 Å². The van der Waals surface area contributed by atoms with Crippen LogP contribution in [0.15, 0.2) is 12.4 Å². The van der Waals surface area contributed by atoms with Crippen LogP contribution in [-0.4, -0.2) is 46.6 Å². The molecule has 0 spiro atoms. The molecule has 1 aliphatic heterocycles. The quantitative estimate of drug-likeness (QED) is 0.841. The lowest BCUT2D eigenvalue weighted by Gasteiger charge is -2.32. The number of nitrogens with one attached hydrogen (secondary N) is 1. The molecular formula is C12H19N5O2. The standard InChI is InChI=1S/C12H19N5O2/c1-2-19-11-6-10(14-8-15-11)16-9-4-3-5-17(7-9)12(13)18/h6,8-9H,2-5,7H2,1H3,(H2,13,18)(H,14,15,16). The van der Waals surface area contributed by atoms with Crippen molar-refractivity contribution in [3.63, 3.8) is 0 Å². The van der Waals surface area contributed by atoms with Crippen LogP contribution in [0.3, 0.4) is 0 Å². The predicted octanol–water partition coefficient (Wildman–Crippen LogP) is 0.830. The first kappa shape index (κ1) is 13.4. The Morgan fingerprint density at radius 3 is 3.21 bits per heavy atom. The number of carbonyl (C=O) groups is 1. The second-order valence-corrected chi connectivity index (χ2v) is 4.44. The molecule has 1 fully saturated rings. The molecule has 7 heteroatoms. The van der Waals surface area contributed by atoms with Crippen molar-refractivity contribution in [1.82, 2.24) is 14.9 Å². The van der Waals surface area contributed by atoms with Crippen molar-refractivity contribution in [3.8, 4) is 5.88 Å². The molecule has 2 amide bonds. The van der Waals surface area contributed by atoms with Crippen LogP contribution in [0.1, 0.15) is 19.8 Å². The van der Waals surface area contributed by atoms with Gasteiger partial charge in [0.25, 0.3) is 0 Å². The number of anilines is 1. The van der Waals surface area contributed by atoms with Gasteiger partial charge in [-0.25, -0.2) is 14.8 Å². The number of rotatable bonds is 4. The Balaban J connectivity index is 1.96. The highest BCUT2D eigenvalue weighted by molar-refractivity contribution is 5.72. The van der Waals surface area contributed by atoms with E-state index < -0.39 is 0 Å². The third kappa shape index (κ3) is 3.70.